The van der Waals surface area contributed by atoms with Crippen molar-refractivity contribution in [2.75, 3.05) is 33.9 Å². The number of carbonyl (C=O) groups is 2. The van der Waals surface area contributed by atoms with E-state index < -0.39 is 10.0 Å². The van der Waals surface area contributed by atoms with Gasteiger partial charge in [-0.1, -0.05) is 17.7 Å². The van der Waals surface area contributed by atoms with E-state index in [0.29, 0.717) is 24.2 Å². The summed E-state index contributed by atoms with van der Waals surface area (Å²) in [5.41, 5.74) is 3.12. The summed E-state index contributed by atoms with van der Waals surface area (Å²) in [7, 11) is -3.44. The summed E-state index contributed by atoms with van der Waals surface area (Å²) in [6.45, 7) is 2.89. The predicted octanol–water partition coefficient (Wildman–Crippen LogP) is 3.31. The molecule has 0 atom stereocenters. The summed E-state index contributed by atoms with van der Waals surface area (Å²) in [5, 5.41) is 2.82. The van der Waals surface area contributed by atoms with Crippen molar-refractivity contribution in [3.63, 3.8) is 0 Å². The van der Waals surface area contributed by atoms with Gasteiger partial charge in [-0.25, -0.2) is 8.42 Å². The van der Waals surface area contributed by atoms with Crippen LogP contribution in [0, 0.1) is 6.92 Å². The minimum absolute atomic E-state index is 0.121. The minimum atomic E-state index is -3.44. The Morgan fingerprint density at radius 1 is 1.10 bits per heavy atom. The van der Waals surface area contributed by atoms with Crippen LogP contribution in [0.4, 0.5) is 17.1 Å². The van der Waals surface area contributed by atoms with E-state index in [1.165, 1.54) is 10.6 Å². The van der Waals surface area contributed by atoms with Crippen LogP contribution in [0.5, 0.6) is 0 Å². The van der Waals surface area contributed by atoms with Gasteiger partial charge in [-0.15, -0.1) is 0 Å². The number of hydrogen-bond donors (Lipinski definition) is 1. The lowest BCUT2D eigenvalue weighted by Gasteiger charge is -2.22. The topological polar surface area (TPSA) is 86.8 Å². The molecule has 0 spiro atoms. The molecular formula is C22H27N3O4S. The third-order valence-corrected chi connectivity index (χ3v) is 6.22. The fourth-order valence-corrected chi connectivity index (χ4v) is 4.42. The number of nitrogens with zero attached hydrogens (tertiary/aromatic N) is 2. The normalized spacial score (nSPS) is 14.1. The van der Waals surface area contributed by atoms with E-state index in [9.17, 15) is 18.0 Å². The molecule has 7 nitrogen and oxygen atoms in total. The Morgan fingerprint density at radius 2 is 1.77 bits per heavy atom. The van der Waals surface area contributed by atoms with Gasteiger partial charge in [-0.05, 0) is 56.2 Å². The Bertz CT molecular complexity index is 1000. The summed E-state index contributed by atoms with van der Waals surface area (Å²) >= 11 is 0. The number of benzene rings is 2. The van der Waals surface area contributed by atoms with Gasteiger partial charge in [0, 0.05) is 37.3 Å². The van der Waals surface area contributed by atoms with Gasteiger partial charge >= 0.3 is 0 Å². The SMILES string of the molecule is Cc1ccc(N(CCCC(=O)Nc2ccc(N3CCCC3=O)cc2)S(C)(=O)=O)cc1. The minimum Gasteiger partial charge on any atom is -0.326 e. The van der Waals surface area contributed by atoms with Crippen molar-refractivity contribution in [1.82, 2.24) is 0 Å². The molecule has 1 aliphatic rings. The average molecular weight is 430 g/mol. The molecule has 3 rings (SSSR count). The first-order chi connectivity index (χ1) is 14.2. The zero-order chi connectivity index (χ0) is 21.7. The van der Waals surface area contributed by atoms with E-state index in [2.05, 4.69) is 5.32 Å². The Labute approximate surface area is 177 Å². The molecule has 30 heavy (non-hydrogen) atoms. The molecule has 0 aromatic heterocycles. The number of anilines is 3. The van der Waals surface area contributed by atoms with Crippen molar-refractivity contribution in [3.05, 3.63) is 54.1 Å². The third kappa shape index (κ3) is 5.60. The molecule has 0 aliphatic carbocycles. The molecular weight excluding hydrogens is 402 g/mol. The van der Waals surface area contributed by atoms with E-state index in [4.69, 9.17) is 0 Å². The van der Waals surface area contributed by atoms with Gasteiger partial charge in [-0.3, -0.25) is 13.9 Å². The second-order valence-corrected chi connectivity index (χ2v) is 9.43. The van der Waals surface area contributed by atoms with Gasteiger partial charge in [0.15, 0.2) is 0 Å². The highest BCUT2D eigenvalue weighted by atomic mass is 32.2. The number of nitrogens with one attached hydrogen (secondary N) is 1. The van der Waals surface area contributed by atoms with Crippen molar-refractivity contribution in [3.8, 4) is 0 Å². The highest BCUT2D eigenvalue weighted by Crippen LogP contribution is 2.23. The van der Waals surface area contributed by atoms with Gasteiger partial charge < -0.3 is 10.2 Å². The van der Waals surface area contributed by atoms with E-state index in [-0.39, 0.29) is 24.8 Å². The van der Waals surface area contributed by atoms with Crippen LogP contribution in [0.25, 0.3) is 0 Å². The number of hydrogen-bond acceptors (Lipinski definition) is 4. The third-order valence-electron chi connectivity index (χ3n) is 5.02. The first kappa shape index (κ1) is 21.8. The summed E-state index contributed by atoms with van der Waals surface area (Å²) in [4.78, 5) is 25.8. The number of aryl methyl sites for hydroxylation is 1. The highest BCUT2D eigenvalue weighted by Gasteiger charge is 2.21. The lowest BCUT2D eigenvalue weighted by atomic mass is 10.2. The van der Waals surface area contributed by atoms with Gasteiger partial charge in [-0.2, -0.15) is 0 Å². The summed E-state index contributed by atoms with van der Waals surface area (Å²) in [6.07, 6.45) is 3.20. The zero-order valence-corrected chi connectivity index (χ0v) is 18.1. The Morgan fingerprint density at radius 3 is 2.33 bits per heavy atom. The molecule has 0 radical (unpaired) electrons. The maximum absolute atomic E-state index is 12.3. The molecule has 1 N–H and O–H groups in total. The number of carbonyl (C=O) groups excluding carboxylic acids is 2. The molecule has 8 heteroatoms. The first-order valence-corrected chi connectivity index (χ1v) is 11.8. The van der Waals surface area contributed by atoms with Crippen LogP contribution in [0.15, 0.2) is 48.5 Å². The first-order valence-electron chi connectivity index (χ1n) is 9.99. The van der Waals surface area contributed by atoms with Gasteiger partial charge in [0.05, 0.1) is 11.9 Å². The van der Waals surface area contributed by atoms with Crippen LogP contribution in [-0.4, -0.2) is 39.6 Å². The van der Waals surface area contributed by atoms with Crippen molar-refractivity contribution in [2.45, 2.75) is 32.6 Å². The van der Waals surface area contributed by atoms with Crippen LogP contribution in [0.3, 0.4) is 0 Å². The van der Waals surface area contributed by atoms with Crippen molar-refractivity contribution < 1.29 is 18.0 Å². The van der Waals surface area contributed by atoms with Crippen LogP contribution in [0.1, 0.15) is 31.2 Å². The summed E-state index contributed by atoms with van der Waals surface area (Å²) < 4.78 is 25.6. The lowest BCUT2D eigenvalue weighted by Crippen LogP contribution is -2.31. The molecule has 1 heterocycles. The molecule has 0 unspecified atom stereocenters. The van der Waals surface area contributed by atoms with Crippen LogP contribution in [0.2, 0.25) is 0 Å². The smallest absolute Gasteiger partial charge is 0.232 e. The molecule has 0 saturated carbocycles. The fraction of sp³-hybridized carbons (Fsp3) is 0.364. The zero-order valence-electron chi connectivity index (χ0n) is 17.3. The standard InChI is InChI=1S/C22H27N3O4S/c1-17-7-11-20(12-8-17)25(30(2,28)29)16-3-5-21(26)23-18-9-13-19(14-10-18)24-15-4-6-22(24)27/h7-14H,3-6,15-16H2,1-2H3,(H,23,26). The van der Waals surface area contributed by atoms with Crippen LogP contribution < -0.4 is 14.5 Å². The molecule has 2 amide bonds. The summed E-state index contributed by atoms with van der Waals surface area (Å²) in [6, 6.07) is 14.4. The van der Waals surface area contributed by atoms with Crippen molar-refractivity contribution in [1.29, 1.82) is 0 Å². The Balaban J connectivity index is 1.53. The number of sulfonamides is 1. The maximum Gasteiger partial charge on any atom is 0.232 e. The largest absolute Gasteiger partial charge is 0.326 e. The Kier molecular flexibility index (Phi) is 6.77. The van der Waals surface area contributed by atoms with Crippen molar-refractivity contribution >= 4 is 38.9 Å². The van der Waals surface area contributed by atoms with Crippen molar-refractivity contribution in [2.24, 2.45) is 0 Å². The Hall–Kier alpha value is -2.87. The average Bonchev–Trinajstić information content (AvgIpc) is 3.12. The molecule has 1 saturated heterocycles. The molecule has 0 bridgehead atoms. The fourth-order valence-electron chi connectivity index (χ4n) is 3.45. The van der Waals surface area contributed by atoms with E-state index >= 15 is 0 Å². The van der Waals surface area contributed by atoms with E-state index in [1.807, 2.05) is 31.2 Å². The van der Waals surface area contributed by atoms with Crippen LogP contribution >= 0.6 is 0 Å². The second-order valence-electron chi connectivity index (χ2n) is 7.52. The quantitative estimate of drug-likeness (QED) is 0.697. The molecule has 2 aromatic carbocycles. The van der Waals surface area contributed by atoms with Crippen LogP contribution in [-0.2, 0) is 19.6 Å². The molecule has 1 aliphatic heterocycles. The van der Waals surface area contributed by atoms with Gasteiger partial charge in [0.2, 0.25) is 21.8 Å². The molecule has 1 fully saturated rings. The number of rotatable bonds is 8. The van der Waals surface area contributed by atoms with E-state index in [0.717, 1.165) is 24.2 Å². The maximum atomic E-state index is 12.3. The van der Waals surface area contributed by atoms with Gasteiger partial charge in [0.1, 0.15) is 0 Å². The second kappa shape index (κ2) is 9.30. The highest BCUT2D eigenvalue weighted by molar-refractivity contribution is 7.92. The van der Waals surface area contributed by atoms with Gasteiger partial charge in [0.25, 0.3) is 0 Å². The monoisotopic (exact) mass is 429 g/mol. The number of amides is 2. The molecule has 160 valence electrons. The lowest BCUT2D eigenvalue weighted by molar-refractivity contribution is -0.117. The summed E-state index contributed by atoms with van der Waals surface area (Å²) in [5.74, 6) is -0.0619. The predicted molar refractivity (Wildman–Crippen MR) is 119 cm³/mol. The van der Waals surface area contributed by atoms with E-state index in [1.54, 1.807) is 29.2 Å². The molecule has 2 aromatic rings.